The Labute approximate surface area is 56.8 Å². The molecule has 0 aromatic rings. The van der Waals surface area contributed by atoms with E-state index >= 15 is 0 Å². The van der Waals surface area contributed by atoms with Gasteiger partial charge in [0.05, 0.1) is 0 Å². The summed E-state index contributed by atoms with van der Waals surface area (Å²) in [5.74, 6) is -3.04. The van der Waals surface area contributed by atoms with E-state index in [1.54, 1.807) is 0 Å². The van der Waals surface area contributed by atoms with Crippen molar-refractivity contribution in [3.05, 3.63) is 11.3 Å². The van der Waals surface area contributed by atoms with Gasteiger partial charge in [0.15, 0.2) is 5.57 Å². The third-order valence-electron chi connectivity index (χ3n) is 0.822. The standard InChI is InChI=1S/C5H7NO4/c1-2(6)3(4(7)8)5(9)10/h6H2,1H3,(H,7,8)(H,9,10). The highest BCUT2D eigenvalue weighted by atomic mass is 16.4. The van der Waals surface area contributed by atoms with Crippen LogP contribution in [-0.2, 0) is 9.59 Å². The third kappa shape index (κ3) is 1.77. The predicted molar refractivity (Wildman–Crippen MR) is 32.2 cm³/mol. The quantitative estimate of drug-likeness (QED) is 0.273. The molecule has 0 radical (unpaired) electrons. The van der Waals surface area contributed by atoms with E-state index in [1.807, 2.05) is 0 Å². The summed E-state index contributed by atoms with van der Waals surface area (Å²) in [6.07, 6.45) is 0. The molecule has 0 aliphatic carbocycles. The Morgan fingerprint density at radius 1 is 1.20 bits per heavy atom. The largest absolute Gasteiger partial charge is 0.477 e. The van der Waals surface area contributed by atoms with Gasteiger partial charge in [-0.1, -0.05) is 0 Å². The van der Waals surface area contributed by atoms with Crippen molar-refractivity contribution in [1.82, 2.24) is 0 Å². The summed E-state index contributed by atoms with van der Waals surface area (Å²) in [5, 5.41) is 16.4. The first kappa shape index (κ1) is 8.48. The van der Waals surface area contributed by atoms with Crippen LogP contribution in [0, 0.1) is 0 Å². The average molecular weight is 145 g/mol. The van der Waals surface area contributed by atoms with Crippen molar-refractivity contribution in [2.45, 2.75) is 6.92 Å². The number of nitrogens with two attached hydrogens (primary N) is 1. The minimum absolute atomic E-state index is 0.208. The minimum atomic E-state index is -1.52. The van der Waals surface area contributed by atoms with Crippen LogP contribution in [0.1, 0.15) is 6.92 Å². The fourth-order valence-corrected chi connectivity index (χ4v) is 0.429. The van der Waals surface area contributed by atoms with Gasteiger partial charge in [-0.3, -0.25) is 0 Å². The number of hydrogen-bond acceptors (Lipinski definition) is 3. The lowest BCUT2D eigenvalue weighted by atomic mass is 10.2. The number of carboxylic acid groups (broad SMARTS) is 2. The van der Waals surface area contributed by atoms with Gasteiger partial charge in [0.25, 0.3) is 0 Å². The highest BCUT2D eigenvalue weighted by Gasteiger charge is 2.17. The molecule has 0 spiro atoms. The second-order valence-electron chi connectivity index (χ2n) is 1.67. The van der Waals surface area contributed by atoms with Crippen LogP contribution in [0.25, 0.3) is 0 Å². The Bertz CT molecular complexity index is 186. The molecule has 0 aliphatic heterocycles. The maximum absolute atomic E-state index is 10.1. The van der Waals surface area contributed by atoms with Gasteiger partial charge in [0, 0.05) is 5.70 Å². The zero-order valence-corrected chi connectivity index (χ0v) is 5.29. The second kappa shape index (κ2) is 2.86. The Kier molecular flexibility index (Phi) is 2.43. The first-order valence-corrected chi connectivity index (χ1v) is 2.39. The van der Waals surface area contributed by atoms with Crippen LogP contribution >= 0.6 is 0 Å². The first-order chi connectivity index (χ1) is 4.46. The molecule has 5 heteroatoms. The predicted octanol–water partition coefficient (Wildman–Crippen LogP) is -0.612. The fourth-order valence-electron chi connectivity index (χ4n) is 0.429. The van der Waals surface area contributed by atoms with E-state index in [0.717, 1.165) is 0 Å². The summed E-state index contributed by atoms with van der Waals surface area (Å²) in [4.78, 5) is 20.1. The molecule has 0 aromatic carbocycles. The molecule has 0 fully saturated rings. The number of allylic oxidation sites excluding steroid dienone is 1. The topological polar surface area (TPSA) is 101 Å². The van der Waals surface area contributed by atoms with Crippen molar-refractivity contribution in [3.8, 4) is 0 Å². The van der Waals surface area contributed by atoms with Gasteiger partial charge in [0.2, 0.25) is 0 Å². The number of rotatable bonds is 2. The van der Waals surface area contributed by atoms with Gasteiger partial charge in [-0.15, -0.1) is 0 Å². The summed E-state index contributed by atoms with van der Waals surface area (Å²) in [6.45, 7) is 1.22. The molecule has 56 valence electrons. The molecule has 10 heavy (non-hydrogen) atoms. The number of carboxylic acids is 2. The van der Waals surface area contributed by atoms with Crippen molar-refractivity contribution in [2.75, 3.05) is 0 Å². The Morgan fingerprint density at radius 3 is 1.50 bits per heavy atom. The smallest absolute Gasteiger partial charge is 0.344 e. The van der Waals surface area contributed by atoms with E-state index < -0.39 is 17.5 Å². The number of carbonyl (C=O) groups is 2. The molecule has 4 N–H and O–H groups in total. The Hall–Kier alpha value is -1.52. The average Bonchev–Trinajstić information content (AvgIpc) is 1.59. The van der Waals surface area contributed by atoms with Crippen LogP contribution in [-0.4, -0.2) is 22.2 Å². The molecular formula is C5H7NO4. The van der Waals surface area contributed by atoms with Crippen LogP contribution in [0.3, 0.4) is 0 Å². The zero-order chi connectivity index (χ0) is 8.31. The van der Waals surface area contributed by atoms with Gasteiger partial charge < -0.3 is 15.9 Å². The molecule has 0 rings (SSSR count). The first-order valence-electron chi connectivity index (χ1n) is 2.39. The van der Waals surface area contributed by atoms with Crippen LogP contribution < -0.4 is 5.73 Å². The maximum atomic E-state index is 10.1. The van der Waals surface area contributed by atoms with Crippen molar-refractivity contribution in [3.63, 3.8) is 0 Å². The molecule has 0 atom stereocenters. The Balaban J connectivity index is 4.79. The molecule has 5 nitrogen and oxygen atoms in total. The zero-order valence-electron chi connectivity index (χ0n) is 5.29. The van der Waals surface area contributed by atoms with E-state index in [9.17, 15) is 9.59 Å². The van der Waals surface area contributed by atoms with Crippen LogP contribution in [0.15, 0.2) is 11.3 Å². The highest BCUT2D eigenvalue weighted by Crippen LogP contribution is 1.97. The van der Waals surface area contributed by atoms with E-state index in [4.69, 9.17) is 15.9 Å². The molecular weight excluding hydrogens is 138 g/mol. The summed E-state index contributed by atoms with van der Waals surface area (Å²) >= 11 is 0. The van der Waals surface area contributed by atoms with Crippen molar-refractivity contribution >= 4 is 11.9 Å². The van der Waals surface area contributed by atoms with Gasteiger partial charge >= 0.3 is 11.9 Å². The summed E-state index contributed by atoms with van der Waals surface area (Å²) < 4.78 is 0. The van der Waals surface area contributed by atoms with Gasteiger partial charge in [0.1, 0.15) is 0 Å². The van der Waals surface area contributed by atoms with Crippen molar-refractivity contribution < 1.29 is 19.8 Å². The number of aliphatic carboxylic acids is 2. The summed E-state index contributed by atoms with van der Waals surface area (Å²) in [7, 11) is 0. The highest BCUT2D eigenvalue weighted by molar-refractivity contribution is 6.12. The van der Waals surface area contributed by atoms with Gasteiger partial charge in [-0.2, -0.15) is 0 Å². The normalized spacial score (nSPS) is 8.50. The van der Waals surface area contributed by atoms with E-state index in [0.29, 0.717) is 0 Å². The van der Waals surface area contributed by atoms with Crippen LogP contribution in [0.5, 0.6) is 0 Å². The molecule has 0 unspecified atom stereocenters. The lowest BCUT2D eigenvalue weighted by molar-refractivity contribution is -0.140. The molecule has 0 heterocycles. The lowest BCUT2D eigenvalue weighted by Gasteiger charge is -1.95. The van der Waals surface area contributed by atoms with E-state index in [2.05, 4.69) is 0 Å². The maximum Gasteiger partial charge on any atom is 0.344 e. The molecule has 0 saturated carbocycles. The van der Waals surface area contributed by atoms with Gasteiger partial charge in [-0.05, 0) is 6.92 Å². The monoisotopic (exact) mass is 145 g/mol. The molecule has 0 saturated heterocycles. The van der Waals surface area contributed by atoms with Crippen LogP contribution in [0.2, 0.25) is 0 Å². The second-order valence-corrected chi connectivity index (χ2v) is 1.67. The van der Waals surface area contributed by atoms with E-state index in [1.165, 1.54) is 6.92 Å². The third-order valence-corrected chi connectivity index (χ3v) is 0.822. The lowest BCUT2D eigenvalue weighted by Crippen LogP contribution is -2.16. The fraction of sp³-hybridized carbons (Fsp3) is 0.200. The Morgan fingerprint density at radius 2 is 1.50 bits per heavy atom. The minimum Gasteiger partial charge on any atom is -0.477 e. The summed E-state index contributed by atoms with van der Waals surface area (Å²) in [5.41, 5.74) is 3.97. The van der Waals surface area contributed by atoms with E-state index in [-0.39, 0.29) is 5.70 Å². The van der Waals surface area contributed by atoms with Crippen molar-refractivity contribution in [2.24, 2.45) is 5.73 Å². The SMILES string of the molecule is CC(N)=C(C(=O)O)C(=O)O. The number of hydrogen-bond donors (Lipinski definition) is 3. The molecule has 0 amide bonds. The molecule has 0 aliphatic rings. The van der Waals surface area contributed by atoms with Crippen molar-refractivity contribution in [1.29, 1.82) is 0 Å². The molecule has 0 bridgehead atoms. The summed E-state index contributed by atoms with van der Waals surface area (Å²) in [6, 6.07) is 0. The molecule has 0 aromatic heterocycles. The van der Waals surface area contributed by atoms with Crippen LogP contribution in [0.4, 0.5) is 0 Å². The van der Waals surface area contributed by atoms with Gasteiger partial charge in [-0.25, -0.2) is 9.59 Å².